The average molecular weight is 725 g/mol. The van der Waals surface area contributed by atoms with Gasteiger partial charge in [0.25, 0.3) is 17.1 Å². The average Bonchev–Trinajstić information content (AvgIpc) is 3.11. The first-order valence-corrected chi connectivity index (χ1v) is 20.4. The van der Waals surface area contributed by atoms with Crippen LogP contribution < -0.4 is 9.80 Å². The Morgan fingerprint density at radius 1 is 0.481 bits per heavy atom. The fraction of sp³-hybridized carbons (Fsp3) is 0.636. The number of unbranched alkanes of at least 4 members (excludes halogenated alkanes) is 16. The molecule has 0 radical (unpaired) electrons. The summed E-state index contributed by atoms with van der Waals surface area (Å²) in [6.07, 6.45) is 24.3. The summed E-state index contributed by atoms with van der Waals surface area (Å²) in [5.74, 6) is -0.156. The second-order valence-corrected chi connectivity index (χ2v) is 14.5. The summed E-state index contributed by atoms with van der Waals surface area (Å²) in [5.41, 5.74) is 3.17. The van der Waals surface area contributed by atoms with Gasteiger partial charge in [0.15, 0.2) is 11.3 Å². The highest BCUT2D eigenvalue weighted by Crippen LogP contribution is 2.58. The molecule has 0 aromatic heterocycles. The molecule has 0 aliphatic carbocycles. The highest BCUT2D eigenvalue weighted by atomic mass is 16.3. The lowest BCUT2D eigenvalue weighted by atomic mass is 9.88. The Morgan fingerprint density at radius 2 is 0.846 bits per heavy atom. The summed E-state index contributed by atoms with van der Waals surface area (Å²) in [4.78, 5) is 4.74. The Morgan fingerprint density at radius 3 is 1.19 bits per heavy atom. The molecular weight excluding hydrogens is 652 g/mol. The molecule has 294 valence electrons. The van der Waals surface area contributed by atoms with E-state index in [0.717, 1.165) is 63.2 Å². The first kappa shape index (κ1) is 46.7. The van der Waals surface area contributed by atoms with E-state index in [4.69, 9.17) is 0 Å². The number of rotatable bonds is 28. The molecule has 8 heteroatoms. The van der Waals surface area contributed by atoms with Gasteiger partial charge < -0.3 is 41.2 Å². The first-order chi connectivity index (χ1) is 24.4. The van der Waals surface area contributed by atoms with Gasteiger partial charge in [0.1, 0.15) is 5.56 Å². The lowest BCUT2D eigenvalue weighted by Gasteiger charge is -2.25. The summed E-state index contributed by atoms with van der Waals surface area (Å²) in [7, 11) is 0. The predicted molar refractivity (Wildman–Crippen MR) is 218 cm³/mol. The highest BCUT2D eigenvalue weighted by Gasteiger charge is 2.43. The minimum absolute atomic E-state index is 0. The van der Waals surface area contributed by atoms with Crippen molar-refractivity contribution in [2.45, 2.75) is 156 Å². The third-order valence-corrected chi connectivity index (χ3v) is 10.3. The molecule has 0 bridgehead atoms. The number of phenols is 2. The molecule has 3 aromatic carbocycles. The van der Waals surface area contributed by atoms with E-state index in [0.29, 0.717) is 11.1 Å². The van der Waals surface area contributed by atoms with Gasteiger partial charge in [-0.05, 0) is 37.8 Å². The van der Waals surface area contributed by atoms with E-state index in [1.807, 2.05) is 12.1 Å². The van der Waals surface area contributed by atoms with Gasteiger partial charge in [0.05, 0.1) is 5.69 Å². The molecule has 0 heterocycles. The largest absolute Gasteiger partial charge is 0.870 e. The first-order valence-electron chi connectivity index (χ1n) is 20.4. The van der Waals surface area contributed by atoms with Gasteiger partial charge in [-0.2, -0.15) is 0 Å². The van der Waals surface area contributed by atoms with Gasteiger partial charge in [-0.25, -0.2) is 0 Å². The fourth-order valence-electron chi connectivity index (χ4n) is 7.14. The van der Waals surface area contributed by atoms with Crippen LogP contribution in [0.1, 0.15) is 156 Å². The molecule has 52 heavy (non-hydrogen) atoms. The number of hydrogen-bond acceptors (Lipinski definition) is 8. The molecule has 0 aliphatic heterocycles. The highest BCUT2D eigenvalue weighted by molar-refractivity contribution is 6.01. The Kier molecular flexibility index (Phi) is 23.7. The summed E-state index contributed by atoms with van der Waals surface area (Å²) < 4.78 is 0. The summed E-state index contributed by atoms with van der Waals surface area (Å²) in [5, 5.41) is 44.8. The second-order valence-electron chi connectivity index (χ2n) is 14.5. The summed E-state index contributed by atoms with van der Waals surface area (Å²) in [6, 6.07) is 11.1. The molecule has 0 saturated heterocycles. The standard InChI is InChI=1S/C44H68N2O4.2H2O/c1-5-9-13-17-21-29-45(30-22-18-14-10-6-2)35-25-27-37(39(47)33-35)41-43(49)42(44(41)50)38-28-26-36(34-40(38)48)46(31-23-19-15-11-7-3)32-24-20-16-12-8-4;;/h25-28,33-34,49H,5-24,29-32H2,1-4H3,(H-2,47,48,50);2*1H2. The van der Waals surface area contributed by atoms with Crippen molar-refractivity contribution in [3.63, 3.8) is 0 Å². The second kappa shape index (κ2) is 26.4. The lowest BCUT2D eigenvalue weighted by molar-refractivity contribution is 0.430. The molecule has 3 rings (SSSR count). The number of phenolic OH excluding ortho intramolecular Hbond substituents is 2. The molecule has 0 atom stereocenters. The molecule has 3 aromatic rings. The summed E-state index contributed by atoms with van der Waals surface area (Å²) >= 11 is 0. The molecule has 8 nitrogen and oxygen atoms in total. The van der Waals surface area contributed by atoms with E-state index in [1.165, 1.54) is 103 Å². The van der Waals surface area contributed by atoms with Crippen LogP contribution in [-0.2, 0) is 0 Å². The van der Waals surface area contributed by atoms with E-state index in [9.17, 15) is 20.4 Å². The zero-order valence-corrected chi connectivity index (χ0v) is 33.0. The minimum atomic E-state index is -0.110. The van der Waals surface area contributed by atoms with Crippen molar-refractivity contribution in [1.29, 1.82) is 0 Å². The van der Waals surface area contributed by atoms with Crippen molar-refractivity contribution in [2.75, 3.05) is 36.0 Å². The molecule has 0 amide bonds. The van der Waals surface area contributed by atoms with Crippen LogP contribution in [0.2, 0.25) is 0 Å². The fourth-order valence-corrected chi connectivity index (χ4v) is 7.14. The van der Waals surface area contributed by atoms with Crippen LogP contribution in [0.15, 0.2) is 36.4 Å². The van der Waals surface area contributed by atoms with E-state index in [-0.39, 0.29) is 45.1 Å². The quantitative estimate of drug-likeness (QED) is 0.0427. The van der Waals surface area contributed by atoms with Crippen molar-refractivity contribution in [1.82, 2.24) is 0 Å². The molecule has 0 spiro atoms. The van der Waals surface area contributed by atoms with Crippen molar-refractivity contribution in [2.24, 2.45) is 0 Å². The number of aromatic hydroxyl groups is 4. The van der Waals surface area contributed by atoms with Crippen LogP contribution in [-0.4, -0.2) is 57.6 Å². The van der Waals surface area contributed by atoms with Crippen LogP contribution in [0.5, 0.6) is 23.0 Å². The third kappa shape index (κ3) is 14.2. The van der Waals surface area contributed by atoms with Crippen molar-refractivity contribution >= 4 is 11.4 Å². The number of benzene rings is 2. The minimum Gasteiger partial charge on any atom is -0.870 e. The van der Waals surface area contributed by atoms with Gasteiger partial charge in [-0.3, -0.25) is 0 Å². The van der Waals surface area contributed by atoms with E-state index < -0.39 is 0 Å². The Bertz CT molecular complexity index is 1210. The molecule has 0 saturated carbocycles. The maximum atomic E-state index is 11.2. The molecule has 6 N–H and O–H groups in total. The number of anilines is 2. The lowest BCUT2D eigenvalue weighted by Crippen LogP contribution is -2.25. The monoisotopic (exact) mass is 725 g/mol. The van der Waals surface area contributed by atoms with E-state index in [2.05, 4.69) is 37.5 Å². The van der Waals surface area contributed by atoms with Crippen molar-refractivity contribution in [3.8, 4) is 45.3 Å². The Hall–Kier alpha value is -3.36. The van der Waals surface area contributed by atoms with Gasteiger partial charge >= 0.3 is 0 Å². The van der Waals surface area contributed by atoms with Crippen LogP contribution in [0, 0.1) is 0 Å². The van der Waals surface area contributed by atoms with Gasteiger partial charge in [-0.1, -0.05) is 130 Å². The summed E-state index contributed by atoms with van der Waals surface area (Å²) in [6.45, 7) is 12.7. The van der Waals surface area contributed by atoms with Crippen LogP contribution in [0.25, 0.3) is 22.3 Å². The smallest absolute Gasteiger partial charge is 0.290 e. The molecular formula is C44H72N2O6. The number of hydrogen-bond donors (Lipinski definition) is 4. The molecule has 0 fully saturated rings. The van der Waals surface area contributed by atoms with Crippen molar-refractivity contribution in [3.05, 3.63) is 36.4 Å². The third-order valence-electron chi connectivity index (χ3n) is 10.3. The van der Waals surface area contributed by atoms with E-state index >= 15 is 0 Å². The van der Waals surface area contributed by atoms with Crippen LogP contribution in [0.4, 0.5) is 11.4 Å². The predicted octanol–water partition coefficient (Wildman–Crippen LogP) is 12.4. The zero-order valence-electron chi connectivity index (χ0n) is 33.0. The van der Waals surface area contributed by atoms with Crippen LogP contribution >= 0.6 is 0 Å². The molecule has 0 aliphatic rings. The maximum absolute atomic E-state index is 11.2. The molecule has 0 unspecified atom stereocenters. The normalized spacial score (nSPS) is 11.0. The Labute approximate surface area is 315 Å². The van der Waals surface area contributed by atoms with Crippen LogP contribution in [0.3, 0.4) is 0 Å². The van der Waals surface area contributed by atoms with Crippen molar-refractivity contribution < 1.29 is 31.4 Å². The number of nitrogens with zero attached hydrogens (tertiary/aromatic N) is 2. The Balaban J connectivity index is 0.00000676. The van der Waals surface area contributed by atoms with Gasteiger partial charge in [-0.15, -0.1) is 0 Å². The zero-order chi connectivity index (χ0) is 36.1. The maximum Gasteiger partial charge on any atom is 0.290 e. The van der Waals surface area contributed by atoms with Gasteiger partial charge in [0, 0.05) is 56.1 Å². The topological polar surface area (TPSA) is 147 Å². The van der Waals surface area contributed by atoms with E-state index in [1.54, 1.807) is 24.3 Å². The SMILES string of the molecule is CCCCCCCN(CCCCCCC)c1ccc(-c2c(O)[c+](-c3ccc(N(CCCCCCC)CCCCCCC)cc3O)[c+]2O)c(O)c1.[OH-].[OH-]. The van der Waals surface area contributed by atoms with Gasteiger partial charge in [0.2, 0.25) is 11.3 Å².